The second kappa shape index (κ2) is 5.49. The number of hydrogen-bond acceptors (Lipinski definition) is 2. The summed E-state index contributed by atoms with van der Waals surface area (Å²) in [6, 6.07) is 7.32. The molecular formula is C12H16FNO. The zero-order valence-electron chi connectivity index (χ0n) is 9.16. The Hall–Kier alpha value is -1.38. The number of carbonyl (C=O) groups is 1. The second-order valence-corrected chi connectivity index (χ2v) is 3.40. The molecule has 0 radical (unpaired) electrons. The van der Waals surface area contributed by atoms with Crippen LogP contribution in [0.4, 0.5) is 10.1 Å². The molecule has 0 bridgehead atoms. The van der Waals surface area contributed by atoms with Gasteiger partial charge in [0.05, 0.1) is 0 Å². The maximum atomic E-state index is 12.2. The lowest BCUT2D eigenvalue weighted by Crippen LogP contribution is -2.22. The molecule has 0 aliphatic rings. The average Bonchev–Trinajstić information content (AvgIpc) is 2.28. The number of carbonyl (C=O) groups excluding carboxylic acids is 1. The lowest BCUT2D eigenvalue weighted by molar-refractivity contribution is 0.0988. The Morgan fingerprint density at radius 1 is 1.40 bits per heavy atom. The lowest BCUT2D eigenvalue weighted by atomic mass is 10.1. The molecule has 0 heterocycles. The van der Waals surface area contributed by atoms with Crippen molar-refractivity contribution in [1.82, 2.24) is 0 Å². The van der Waals surface area contributed by atoms with Gasteiger partial charge in [0, 0.05) is 31.3 Å². The molecule has 15 heavy (non-hydrogen) atoms. The van der Waals surface area contributed by atoms with Crippen molar-refractivity contribution < 1.29 is 9.18 Å². The quantitative estimate of drug-likeness (QED) is 0.695. The van der Waals surface area contributed by atoms with Gasteiger partial charge in [0.1, 0.15) is 6.67 Å². The molecule has 1 rings (SSSR count). The highest BCUT2D eigenvalue weighted by Crippen LogP contribution is 2.20. The normalized spacial score (nSPS) is 10.1. The van der Waals surface area contributed by atoms with Gasteiger partial charge in [-0.3, -0.25) is 4.79 Å². The third kappa shape index (κ3) is 2.78. The fourth-order valence-corrected chi connectivity index (χ4v) is 1.48. The average molecular weight is 209 g/mol. The second-order valence-electron chi connectivity index (χ2n) is 3.40. The minimum atomic E-state index is -0.412. The monoisotopic (exact) mass is 209 g/mol. The van der Waals surface area contributed by atoms with Gasteiger partial charge in [-0.15, -0.1) is 0 Å². The van der Waals surface area contributed by atoms with E-state index in [0.717, 1.165) is 5.69 Å². The van der Waals surface area contributed by atoms with Crippen molar-refractivity contribution in [3.8, 4) is 0 Å². The maximum Gasteiger partial charge on any atom is 0.164 e. The van der Waals surface area contributed by atoms with Gasteiger partial charge in [-0.2, -0.15) is 0 Å². The van der Waals surface area contributed by atoms with Crippen LogP contribution in [0.25, 0.3) is 0 Å². The molecule has 0 saturated heterocycles. The van der Waals surface area contributed by atoms with E-state index in [4.69, 9.17) is 0 Å². The zero-order valence-corrected chi connectivity index (χ0v) is 9.16. The molecule has 1 aromatic rings. The summed E-state index contributed by atoms with van der Waals surface area (Å²) in [7, 11) is 1.79. The number of Topliss-reactive ketones (excluding diaryl/α,β-unsaturated/α-hetero) is 1. The molecule has 0 aliphatic carbocycles. The molecular weight excluding hydrogens is 193 g/mol. The van der Waals surface area contributed by atoms with Crippen molar-refractivity contribution in [1.29, 1.82) is 0 Å². The SMILES string of the molecule is CCC(=O)c1ccccc1N(C)CCF. The first-order chi connectivity index (χ1) is 7.20. The van der Waals surface area contributed by atoms with Crippen LogP contribution < -0.4 is 4.90 Å². The fourth-order valence-electron chi connectivity index (χ4n) is 1.48. The Labute approximate surface area is 89.7 Å². The molecule has 0 atom stereocenters. The molecule has 0 saturated carbocycles. The molecule has 0 aliphatic heterocycles. The Kier molecular flexibility index (Phi) is 4.28. The van der Waals surface area contributed by atoms with Gasteiger partial charge in [0.15, 0.2) is 5.78 Å². The summed E-state index contributed by atoms with van der Waals surface area (Å²) in [5.74, 6) is 0.0938. The van der Waals surface area contributed by atoms with Crippen molar-refractivity contribution in [3.63, 3.8) is 0 Å². The topological polar surface area (TPSA) is 20.3 Å². The number of para-hydroxylation sites is 1. The molecule has 0 amide bonds. The summed E-state index contributed by atoms with van der Waals surface area (Å²) in [4.78, 5) is 13.4. The molecule has 0 N–H and O–H groups in total. The van der Waals surface area contributed by atoms with E-state index in [1.165, 1.54) is 0 Å². The Morgan fingerprint density at radius 2 is 2.07 bits per heavy atom. The van der Waals surface area contributed by atoms with E-state index >= 15 is 0 Å². The third-order valence-electron chi connectivity index (χ3n) is 2.36. The van der Waals surface area contributed by atoms with Crippen molar-refractivity contribution in [2.75, 3.05) is 25.2 Å². The van der Waals surface area contributed by atoms with Gasteiger partial charge in [-0.25, -0.2) is 4.39 Å². The van der Waals surface area contributed by atoms with Crippen LogP contribution >= 0.6 is 0 Å². The van der Waals surface area contributed by atoms with E-state index in [9.17, 15) is 9.18 Å². The van der Waals surface area contributed by atoms with E-state index in [0.29, 0.717) is 18.5 Å². The predicted octanol–water partition coefficient (Wildman–Crippen LogP) is 2.69. The standard InChI is InChI=1S/C12H16FNO/c1-3-12(15)10-6-4-5-7-11(10)14(2)9-8-13/h4-7H,3,8-9H2,1-2H3. The Morgan fingerprint density at radius 3 is 2.67 bits per heavy atom. The van der Waals surface area contributed by atoms with Crippen LogP contribution in [0.2, 0.25) is 0 Å². The molecule has 3 heteroatoms. The maximum absolute atomic E-state index is 12.2. The number of benzene rings is 1. The number of halogens is 1. The van der Waals surface area contributed by atoms with Gasteiger partial charge in [-0.05, 0) is 12.1 Å². The van der Waals surface area contributed by atoms with Crippen LogP contribution in [-0.4, -0.2) is 26.1 Å². The molecule has 0 aromatic heterocycles. The number of anilines is 1. The molecule has 0 unspecified atom stereocenters. The predicted molar refractivity (Wildman–Crippen MR) is 60.3 cm³/mol. The molecule has 0 spiro atoms. The van der Waals surface area contributed by atoms with Gasteiger partial charge in [-0.1, -0.05) is 19.1 Å². The number of rotatable bonds is 5. The molecule has 2 nitrogen and oxygen atoms in total. The van der Waals surface area contributed by atoms with Crippen molar-refractivity contribution in [3.05, 3.63) is 29.8 Å². The summed E-state index contributed by atoms with van der Waals surface area (Å²) >= 11 is 0. The summed E-state index contributed by atoms with van der Waals surface area (Å²) in [6.45, 7) is 1.73. The van der Waals surface area contributed by atoms with Crippen LogP contribution in [0.3, 0.4) is 0 Å². The van der Waals surface area contributed by atoms with Gasteiger partial charge in [0.2, 0.25) is 0 Å². The van der Waals surface area contributed by atoms with Gasteiger partial charge >= 0.3 is 0 Å². The van der Waals surface area contributed by atoms with Crippen molar-refractivity contribution >= 4 is 11.5 Å². The minimum Gasteiger partial charge on any atom is -0.371 e. The van der Waals surface area contributed by atoms with Gasteiger partial charge < -0.3 is 4.90 Å². The highest BCUT2D eigenvalue weighted by Gasteiger charge is 2.11. The summed E-state index contributed by atoms with van der Waals surface area (Å²) in [6.07, 6.45) is 0.473. The van der Waals surface area contributed by atoms with Crippen LogP contribution in [0.15, 0.2) is 24.3 Å². The Balaban J connectivity index is 3.00. The van der Waals surface area contributed by atoms with Crippen LogP contribution in [0.1, 0.15) is 23.7 Å². The summed E-state index contributed by atoms with van der Waals surface area (Å²) in [5.41, 5.74) is 1.48. The first-order valence-electron chi connectivity index (χ1n) is 5.10. The summed E-state index contributed by atoms with van der Waals surface area (Å²) in [5, 5.41) is 0. The largest absolute Gasteiger partial charge is 0.371 e. The first kappa shape index (κ1) is 11.7. The third-order valence-corrected chi connectivity index (χ3v) is 2.36. The van der Waals surface area contributed by atoms with Crippen LogP contribution in [0, 0.1) is 0 Å². The lowest BCUT2D eigenvalue weighted by Gasteiger charge is -2.20. The van der Waals surface area contributed by atoms with Crippen LogP contribution in [0.5, 0.6) is 0 Å². The number of alkyl halides is 1. The molecule has 0 fully saturated rings. The smallest absolute Gasteiger partial charge is 0.164 e. The van der Waals surface area contributed by atoms with E-state index in [1.54, 1.807) is 18.0 Å². The van der Waals surface area contributed by atoms with E-state index in [1.807, 2.05) is 25.1 Å². The summed E-state index contributed by atoms with van der Waals surface area (Å²) < 4.78 is 12.2. The number of ketones is 1. The number of hydrogen-bond donors (Lipinski definition) is 0. The number of nitrogens with zero attached hydrogens (tertiary/aromatic N) is 1. The fraction of sp³-hybridized carbons (Fsp3) is 0.417. The van der Waals surface area contributed by atoms with E-state index in [2.05, 4.69) is 0 Å². The van der Waals surface area contributed by atoms with Crippen molar-refractivity contribution in [2.45, 2.75) is 13.3 Å². The van der Waals surface area contributed by atoms with Gasteiger partial charge in [0.25, 0.3) is 0 Å². The molecule has 82 valence electrons. The Bertz CT molecular complexity index is 338. The highest BCUT2D eigenvalue weighted by atomic mass is 19.1. The first-order valence-corrected chi connectivity index (χ1v) is 5.10. The molecule has 1 aromatic carbocycles. The van der Waals surface area contributed by atoms with E-state index in [-0.39, 0.29) is 5.78 Å². The van der Waals surface area contributed by atoms with Crippen molar-refractivity contribution in [2.24, 2.45) is 0 Å². The van der Waals surface area contributed by atoms with E-state index < -0.39 is 6.67 Å². The minimum absolute atomic E-state index is 0.0938. The zero-order chi connectivity index (χ0) is 11.3. The van der Waals surface area contributed by atoms with Crippen LogP contribution in [-0.2, 0) is 0 Å². The highest BCUT2D eigenvalue weighted by molar-refractivity contribution is 6.01.